The molecule has 0 bridgehead atoms. The van der Waals surface area contributed by atoms with Crippen LogP contribution in [0, 0.1) is 10.1 Å². The third kappa shape index (κ3) is 4.50. The fraction of sp³-hybridized carbons (Fsp3) is 0.200. The van der Waals surface area contributed by atoms with Gasteiger partial charge in [0.15, 0.2) is 0 Å². The van der Waals surface area contributed by atoms with Crippen molar-refractivity contribution in [1.82, 2.24) is 4.72 Å². The predicted octanol–water partition coefficient (Wildman–Crippen LogP) is -0.199. The van der Waals surface area contributed by atoms with E-state index in [-0.39, 0.29) is 5.69 Å². The van der Waals surface area contributed by atoms with Crippen molar-refractivity contribution in [2.75, 3.05) is 0 Å². The zero-order chi connectivity index (χ0) is 16.2. The lowest BCUT2D eigenvalue weighted by molar-refractivity contribution is -0.384. The fourth-order valence-corrected chi connectivity index (χ4v) is 2.55. The van der Waals surface area contributed by atoms with E-state index in [1.54, 1.807) is 4.72 Å². The zero-order valence-electron chi connectivity index (χ0n) is 10.3. The molecule has 0 spiro atoms. The van der Waals surface area contributed by atoms with Gasteiger partial charge in [-0.1, -0.05) is 0 Å². The van der Waals surface area contributed by atoms with Gasteiger partial charge in [-0.15, -0.1) is 0 Å². The molecule has 10 nitrogen and oxygen atoms in total. The molecule has 114 valence electrons. The molecule has 0 amide bonds. The molecule has 0 fully saturated rings. The summed E-state index contributed by atoms with van der Waals surface area (Å²) < 4.78 is 25.5. The predicted molar refractivity (Wildman–Crippen MR) is 67.1 cm³/mol. The van der Waals surface area contributed by atoms with Crippen LogP contribution in [0.15, 0.2) is 29.2 Å². The maximum absolute atomic E-state index is 11.9. The van der Waals surface area contributed by atoms with E-state index in [2.05, 4.69) is 0 Å². The zero-order valence-corrected chi connectivity index (χ0v) is 11.1. The average molecular weight is 318 g/mol. The minimum Gasteiger partial charge on any atom is -0.481 e. The third-order valence-electron chi connectivity index (χ3n) is 2.33. The van der Waals surface area contributed by atoms with E-state index in [9.17, 15) is 28.1 Å². The lowest BCUT2D eigenvalue weighted by atomic mass is 10.2. The van der Waals surface area contributed by atoms with E-state index in [0.29, 0.717) is 0 Å². The summed E-state index contributed by atoms with van der Waals surface area (Å²) in [7, 11) is -4.31. The number of nitro benzene ring substituents is 1. The van der Waals surface area contributed by atoms with Crippen molar-refractivity contribution in [2.24, 2.45) is 0 Å². The molecule has 0 aliphatic heterocycles. The lowest BCUT2D eigenvalue weighted by Gasteiger charge is -2.12. The fourth-order valence-electron chi connectivity index (χ4n) is 1.36. The van der Waals surface area contributed by atoms with E-state index >= 15 is 0 Å². The number of nitrogens with zero attached hydrogens (tertiary/aromatic N) is 1. The summed E-state index contributed by atoms with van der Waals surface area (Å²) in [5.74, 6) is -3.14. The van der Waals surface area contributed by atoms with E-state index in [0.717, 1.165) is 24.3 Å². The minimum atomic E-state index is -4.31. The molecular weight excluding hydrogens is 308 g/mol. The first-order valence-corrected chi connectivity index (χ1v) is 6.83. The molecule has 0 aromatic heterocycles. The molecule has 3 N–H and O–H groups in total. The van der Waals surface area contributed by atoms with Gasteiger partial charge in [-0.3, -0.25) is 19.7 Å². The van der Waals surface area contributed by atoms with Crippen LogP contribution in [-0.2, 0) is 19.6 Å². The first-order chi connectivity index (χ1) is 9.63. The van der Waals surface area contributed by atoms with Gasteiger partial charge in [-0.25, -0.2) is 8.42 Å². The molecule has 0 saturated carbocycles. The normalized spacial score (nSPS) is 12.6. The largest absolute Gasteiger partial charge is 0.481 e. The van der Waals surface area contributed by atoms with Crippen molar-refractivity contribution < 1.29 is 33.1 Å². The molecule has 11 heteroatoms. The van der Waals surface area contributed by atoms with Crippen molar-refractivity contribution in [3.63, 3.8) is 0 Å². The number of aliphatic carboxylic acids is 2. The second kappa shape index (κ2) is 6.28. The van der Waals surface area contributed by atoms with Crippen molar-refractivity contribution in [1.29, 1.82) is 0 Å². The van der Waals surface area contributed by atoms with Crippen LogP contribution in [0.5, 0.6) is 0 Å². The number of hydrogen-bond donors (Lipinski definition) is 3. The first kappa shape index (κ1) is 16.5. The highest BCUT2D eigenvalue weighted by molar-refractivity contribution is 7.89. The van der Waals surface area contributed by atoms with Gasteiger partial charge < -0.3 is 10.2 Å². The molecule has 0 aliphatic carbocycles. The second-order valence-corrected chi connectivity index (χ2v) is 5.57. The van der Waals surface area contributed by atoms with Crippen LogP contribution >= 0.6 is 0 Å². The highest BCUT2D eigenvalue weighted by Gasteiger charge is 2.27. The summed E-state index contributed by atoms with van der Waals surface area (Å²) in [6, 6.07) is 1.85. The Bertz CT molecular complexity index is 667. The molecule has 1 aromatic carbocycles. The van der Waals surface area contributed by atoms with E-state index in [1.807, 2.05) is 0 Å². The molecular formula is C10H10N2O8S. The maximum Gasteiger partial charge on any atom is 0.322 e. The van der Waals surface area contributed by atoms with Gasteiger partial charge in [-0.05, 0) is 12.1 Å². The van der Waals surface area contributed by atoms with Crippen LogP contribution in [0.25, 0.3) is 0 Å². The van der Waals surface area contributed by atoms with Crippen LogP contribution in [0.1, 0.15) is 6.42 Å². The third-order valence-corrected chi connectivity index (χ3v) is 3.82. The van der Waals surface area contributed by atoms with Crippen molar-refractivity contribution >= 4 is 27.6 Å². The maximum atomic E-state index is 11.9. The van der Waals surface area contributed by atoms with Crippen LogP contribution in [0.4, 0.5) is 5.69 Å². The van der Waals surface area contributed by atoms with Gasteiger partial charge in [0, 0.05) is 12.1 Å². The monoisotopic (exact) mass is 318 g/mol. The van der Waals surface area contributed by atoms with Gasteiger partial charge in [-0.2, -0.15) is 4.72 Å². The molecule has 21 heavy (non-hydrogen) atoms. The minimum absolute atomic E-state index is 0.339. The number of nitrogens with one attached hydrogen (secondary N) is 1. The molecule has 0 aliphatic rings. The van der Waals surface area contributed by atoms with Gasteiger partial charge >= 0.3 is 11.9 Å². The number of carbonyl (C=O) groups is 2. The topological polar surface area (TPSA) is 164 Å². The molecule has 0 heterocycles. The van der Waals surface area contributed by atoms with Crippen molar-refractivity contribution in [2.45, 2.75) is 17.4 Å². The number of nitro groups is 1. The molecule has 1 atom stereocenters. The highest BCUT2D eigenvalue weighted by atomic mass is 32.2. The number of sulfonamides is 1. The Kier molecular flexibility index (Phi) is 4.94. The van der Waals surface area contributed by atoms with E-state index in [1.165, 1.54) is 0 Å². The Morgan fingerprint density at radius 3 is 2.14 bits per heavy atom. The summed E-state index contributed by atoms with van der Waals surface area (Å²) in [6.45, 7) is 0. The van der Waals surface area contributed by atoms with Crippen LogP contribution < -0.4 is 4.72 Å². The standard InChI is InChI=1S/C10H10N2O8S/c13-9(14)5-8(10(15)16)11-21(19,20)7-3-1-6(2-4-7)12(17)18/h1-4,8,11H,5H2,(H,13,14)(H,15,16)/t8-/m1/s1. The first-order valence-electron chi connectivity index (χ1n) is 5.35. The summed E-state index contributed by atoms with van der Waals surface area (Å²) >= 11 is 0. The number of carboxylic acid groups (broad SMARTS) is 2. The summed E-state index contributed by atoms with van der Waals surface area (Å²) in [4.78, 5) is 30.6. The molecule has 1 rings (SSSR count). The Balaban J connectivity index is 3.01. The number of carboxylic acids is 2. The molecule has 0 radical (unpaired) electrons. The van der Waals surface area contributed by atoms with Crippen LogP contribution in [0.2, 0.25) is 0 Å². The summed E-state index contributed by atoms with van der Waals surface area (Å²) in [5, 5.41) is 27.7. The van der Waals surface area contributed by atoms with Crippen LogP contribution in [-0.4, -0.2) is 41.5 Å². The Hall–Kier alpha value is -2.53. The second-order valence-electron chi connectivity index (χ2n) is 3.86. The van der Waals surface area contributed by atoms with Gasteiger partial charge in [0.2, 0.25) is 10.0 Å². The molecule has 0 saturated heterocycles. The number of benzene rings is 1. The van der Waals surface area contributed by atoms with E-state index < -0.39 is 44.2 Å². The number of rotatable bonds is 7. The SMILES string of the molecule is O=C(O)C[C@@H](NS(=O)(=O)c1ccc([N+](=O)[O-])cc1)C(=O)O. The number of non-ortho nitro benzene ring substituents is 1. The van der Waals surface area contributed by atoms with Crippen molar-refractivity contribution in [3.05, 3.63) is 34.4 Å². The smallest absolute Gasteiger partial charge is 0.322 e. The van der Waals surface area contributed by atoms with Gasteiger partial charge in [0.25, 0.3) is 5.69 Å². The lowest BCUT2D eigenvalue weighted by Crippen LogP contribution is -2.42. The number of hydrogen-bond acceptors (Lipinski definition) is 6. The summed E-state index contributed by atoms with van der Waals surface area (Å²) in [5.41, 5.74) is -0.339. The van der Waals surface area contributed by atoms with Gasteiger partial charge in [0.05, 0.1) is 16.2 Å². The molecule has 1 aromatic rings. The summed E-state index contributed by atoms with van der Waals surface area (Å²) in [6.07, 6.45) is -0.943. The van der Waals surface area contributed by atoms with Crippen molar-refractivity contribution in [3.8, 4) is 0 Å². The Morgan fingerprint density at radius 2 is 1.76 bits per heavy atom. The van der Waals surface area contributed by atoms with Crippen LogP contribution in [0.3, 0.4) is 0 Å². The Labute approximate surface area is 118 Å². The Morgan fingerprint density at radius 1 is 1.24 bits per heavy atom. The van der Waals surface area contributed by atoms with E-state index in [4.69, 9.17) is 10.2 Å². The van der Waals surface area contributed by atoms with Gasteiger partial charge in [0.1, 0.15) is 6.04 Å². The molecule has 0 unspecified atom stereocenters. The average Bonchev–Trinajstić information content (AvgIpc) is 2.37. The quantitative estimate of drug-likeness (QED) is 0.459. The highest BCUT2D eigenvalue weighted by Crippen LogP contribution is 2.16.